The summed E-state index contributed by atoms with van der Waals surface area (Å²) in [5, 5.41) is 19.3. The maximum atomic E-state index is 11.1. The molecule has 5 fully saturated rings. The van der Waals surface area contributed by atoms with Crippen molar-refractivity contribution in [3.05, 3.63) is 0 Å². The van der Waals surface area contributed by atoms with E-state index in [1.807, 2.05) is 0 Å². The lowest BCUT2D eigenvalue weighted by Gasteiger charge is -2.61. The fraction of sp³-hybridized carbons (Fsp3) is 0.960. The second-order valence-electron chi connectivity index (χ2n) is 11.9. The third-order valence-electron chi connectivity index (χ3n) is 10.9. The third-order valence-corrected chi connectivity index (χ3v) is 10.9. The van der Waals surface area contributed by atoms with E-state index in [2.05, 4.69) is 20.8 Å². The van der Waals surface area contributed by atoms with Gasteiger partial charge in [0, 0.05) is 6.42 Å². The molecule has 0 bridgehead atoms. The van der Waals surface area contributed by atoms with E-state index in [4.69, 9.17) is 9.84 Å². The Morgan fingerprint density at radius 2 is 1.79 bits per heavy atom. The van der Waals surface area contributed by atoms with Gasteiger partial charge in [-0.1, -0.05) is 20.8 Å². The van der Waals surface area contributed by atoms with Crippen molar-refractivity contribution in [3.63, 3.8) is 0 Å². The highest BCUT2D eigenvalue weighted by atomic mass is 16.5. The number of hydrogen-bond donors (Lipinski definition) is 2. The molecule has 1 aliphatic heterocycles. The first kappa shape index (κ1) is 20.3. The van der Waals surface area contributed by atoms with Crippen molar-refractivity contribution in [2.75, 3.05) is 0 Å². The van der Waals surface area contributed by atoms with Crippen molar-refractivity contribution < 1.29 is 19.7 Å². The van der Waals surface area contributed by atoms with Crippen molar-refractivity contribution in [1.82, 2.24) is 0 Å². The van der Waals surface area contributed by atoms with Gasteiger partial charge in [-0.25, -0.2) is 0 Å². The van der Waals surface area contributed by atoms with Gasteiger partial charge >= 0.3 is 5.97 Å². The molecule has 0 aromatic rings. The van der Waals surface area contributed by atoms with Crippen LogP contribution in [-0.4, -0.2) is 34.5 Å². The van der Waals surface area contributed by atoms with Crippen LogP contribution >= 0.6 is 0 Å². The second kappa shape index (κ2) is 6.95. The molecule has 4 nitrogen and oxygen atoms in total. The number of aliphatic hydroxyl groups is 1. The van der Waals surface area contributed by atoms with E-state index in [1.54, 1.807) is 0 Å². The van der Waals surface area contributed by atoms with Crippen LogP contribution < -0.4 is 0 Å². The molecule has 11 atom stereocenters. The first-order chi connectivity index (χ1) is 13.7. The molecule has 4 saturated carbocycles. The van der Waals surface area contributed by atoms with E-state index >= 15 is 0 Å². The minimum absolute atomic E-state index is 0.0682. The molecule has 5 aliphatic rings. The van der Waals surface area contributed by atoms with Crippen LogP contribution in [0, 0.1) is 46.3 Å². The van der Waals surface area contributed by atoms with Gasteiger partial charge in [-0.15, -0.1) is 0 Å². The molecule has 5 rings (SSSR count). The van der Waals surface area contributed by atoms with Gasteiger partial charge in [0.15, 0.2) is 0 Å². The minimum Gasteiger partial charge on any atom is -0.481 e. The van der Waals surface area contributed by atoms with Crippen LogP contribution in [0.15, 0.2) is 0 Å². The normalized spacial score (nSPS) is 56.2. The summed E-state index contributed by atoms with van der Waals surface area (Å²) >= 11 is 0. The average Bonchev–Trinajstić information content (AvgIpc) is 3.14. The Bertz CT molecular complexity index is 663. The van der Waals surface area contributed by atoms with Crippen molar-refractivity contribution in [2.24, 2.45) is 46.3 Å². The van der Waals surface area contributed by atoms with Gasteiger partial charge < -0.3 is 14.9 Å². The molecule has 4 heteroatoms. The Hall–Kier alpha value is -0.610. The summed E-state index contributed by atoms with van der Waals surface area (Å²) in [4.78, 5) is 11.1. The zero-order valence-electron chi connectivity index (χ0n) is 18.5. The van der Waals surface area contributed by atoms with Crippen LogP contribution in [0.5, 0.6) is 0 Å². The Balaban J connectivity index is 1.35. The SMILES string of the molecule is C[C@H]1[C@H]2[C@H](C[C@H]3[C@@H]4CC[C@H]5C[C@@H](O)CC[C@]5(C)[C@H]4CC[C@]23C)O[C@H]1CCC(=O)O. The highest BCUT2D eigenvalue weighted by molar-refractivity contribution is 5.66. The Morgan fingerprint density at radius 3 is 2.55 bits per heavy atom. The fourth-order valence-corrected chi connectivity index (χ4v) is 9.52. The molecule has 0 spiro atoms. The summed E-state index contributed by atoms with van der Waals surface area (Å²) in [6.07, 6.45) is 11.0. The summed E-state index contributed by atoms with van der Waals surface area (Å²) in [7, 11) is 0. The molecule has 0 radical (unpaired) electrons. The number of carboxylic acids is 1. The predicted molar refractivity (Wildman–Crippen MR) is 111 cm³/mol. The molecular weight excluding hydrogens is 364 g/mol. The van der Waals surface area contributed by atoms with Gasteiger partial charge in [0.05, 0.1) is 18.3 Å². The summed E-state index contributed by atoms with van der Waals surface area (Å²) in [6.45, 7) is 7.44. The quantitative estimate of drug-likeness (QED) is 0.703. The van der Waals surface area contributed by atoms with Crippen LogP contribution in [-0.2, 0) is 9.53 Å². The fourth-order valence-electron chi connectivity index (χ4n) is 9.52. The Kier molecular flexibility index (Phi) is 4.87. The molecule has 29 heavy (non-hydrogen) atoms. The highest BCUT2D eigenvalue weighted by Crippen LogP contribution is 2.70. The molecule has 0 aromatic carbocycles. The second-order valence-corrected chi connectivity index (χ2v) is 11.9. The third kappa shape index (κ3) is 2.95. The molecule has 4 aliphatic carbocycles. The maximum Gasteiger partial charge on any atom is 0.303 e. The van der Waals surface area contributed by atoms with Crippen LogP contribution in [0.1, 0.15) is 85.0 Å². The zero-order valence-corrected chi connectivity index (χ0v) is 18.5. The maximum absolute atomic E-state index is 11.1. The Morgan fingerprint density at radius 1 is 1.03 bits per heavy atom. The summed E-state index contributed by atoms with van der Waals surface area (Å²) in [5.41, 5.74) is 0.790. The average molecular weight is 405 g/mol. The van der Waals surface area contributed by atoms with E-state index in [0.29, 0.717) is 41.1 Å². The van der Waals surface area contributed by atoms with Crippen molar-refractivity contribution in [3.8, 4) is 0 Å². The summed E-state index contributed by atoms with van der Waals surface area (Å²) in [5.74, 6) is 3.50. The molecular formula is C25H40O4. The first-order valence-corrected chi connectivity index (χ1v) is 12.3. The number of aliphatic hydroxyl groups excluding tert-OH is 1. The van der Waals surface area contributed by atoms with Gasteiger partial charge in [-0.05, 0) is 104 Å². The largest absolute Gasteiger partial charge is 0.481 e. The monoisotopic (exact) mass is 404 g/mol. The molecule has 1 saturated heterocycles. The van der Waals surface area contributed by atoms with Gasteiger partial charge in [0.2, 0.25) is 0 Å². The molecule has 164 valence electrons. The molecule has 1 heterocycles. The number of carboxylic acid groups (broad SMARTS) is 1. The predicted octanol–water partition coefficient (Wildman–Crippen LogP) is 4.88. The molecule has 0 amide bonds. The van der Waals surface area contributed by atoms with Crippen LogP contribution in [0.2, 0.25) is 0 Å². The topological polar surface area (TPSA) is 66.8 Å². The zero-order chi connectivity index (χ0) is 20.6. The number of ether oxygens (including phenoxy) is 1. The smallest absolute Gasteiger partial charge is 0.303 e. The van der Waals surface area contributed by atoms with Crippen LogP contribution in [0.4, 0.5) is 0 Å². The van der Waals surface area contributed by atoms with E-state index in [-0.39, 0.29) is 18.6 Å². The summed E-state index contributed by atoms with van der Waals surface area (Å²) < 4.78 is 6.53. The minimum atomic E-state index is -0.704. The van der Waals surface area contributed by atoms with Gasteiger partial charge in [0.1, 0.15) is 0 Å². The van der Waals surface area contributed by atoms with E-state index in [0.717, 1.165) is 30.6 Å². The number of hydrogen-bond acceptors (Lipinski definition) is 3. The summed E-state index contributed by atoms with van der Waals surface area (Å²) in [6, 6.07) is 0. The van der Waals surface area contributed by atoms with Crippen molar-refractivity contribution >= 4 is 5.97 Å². The first-order valence-electron chi connectivity index (χ1n) is 12.3. The number of fused-ring (bicyclic) bond motifs is 7. The van der Waals surface area contributed by atoms with Gasteiger partial charge in [-0.2, -0.15) is 0 Å². The number of aliphatic carboxylic acids is 1. The van der Waals surface area contributed by atoms with E-state index in [1.165, 1.54) is 38.5 Å². The van der Waals surface area contributed by atoms with Crippen LogP contribution in [0.3, 0.4) is 0 Å². The molecule has 0 unspecified atom stereocenters. The number of rotatable bonds is 3. The van der Waals surface area contributed by atoms with Crippen LogP contribution in [0.25, 0.3) is 0 Å². The number of carbonyl (C=O) groups is 1. The van der Waals surface area contributed by atoms with Crippen molar-refractivity contribution in [1.29, 1.82) is 0 Å². The van der Waals surface area contributed by atoms with Gasteiger partial charge in [0.25, 0.3) is 0 Å². The lowest BCUT2D eigenvalue weighted by molar-refractivity contribution is -0.138. The standard InChI is InChI=1S/C25H40O4/c1-14-20(6-7-22(27)28)29-21-13-19-17-5-4-15-12-16(26)8-10-24(15,2)18(17)9-11-25(19,3)23(14)21/h14-21,23,26H,4-13H2,1-3H3,(H,27,28)/t14-,15+,16+,17-,18+,19+,20+,21+,23+,24+,25+/m1/s1. The van der Waals surface area contributed by atoms with Gasteiger partial charge in [-0.3, -0.25) is 4.79 Å². The van der Waals surface area contributed by atoms with E-state index in [9.17, 15) is 9.90 Å². The van der Waals surface area contributed by atoms with E-state index < -0.39 is 5.97 Å². The van der Waals surface area contributed by atoms with Crippen molar-refractivity contribution in [2.45, 2.75) is 103 Å². The molecule has 2 N–H and O–H groups in total. The highest BCUT2D eigenvalue weighted by Gasteiger charge is 2.65. The molecule has 0 aromatic heterocycles. The Labute approximate surface area is 175 Å². The lowest BCUT2D eigenvalue weighted by atomic mass is 9.44. The lowest BCUT2D eigenvalue weighted by Crippen LogP contribution is -2.54.